The summed E-state index contributed by atoms with van der Waals surface area (Å²) >= 11 is 0. The Bertz CT molecular complexity index is 648. The minimum absolute atomic E-state index is 0.109. The van der Waals surface area contributed by atoms with Crippen LogP contribution in [0.1, 0.15) is 22.3 Å². The van der Waals surface area contributed by atoms with Crippen LogP contribution in [0.25, 0.3) is 0 Å². The van der Waals surface area contributed by atoms with E-state index in [1.807, 2.05) is 23.1 Å². The van der Waals surface area contributed by atoms with Crippen LogP contribution >= 0.6 is 0 Å². The molecular formula is C17H19N3O2. The lowest BCUT2D eigenvalue weighted by Gasteiger charge is -2.48. The van der Waals surface area contributed by atoms with Crippen LogP contribution in [0.15, 0.2) is 47.5 Å². The van der Waals surface area contributed by atoms with Gasteiger partial charge in [-0.15, -0.1) is 0 Å². The first kappa shape index (κ1) is 13.5. The summed E-state index contributed by atoms with van der Waals surface area (Å²) in [5.74, 6) is 0.109. The average Bonchev–Trinajstić information content (AvgIpc) is 3.17. The zero-order chi connectivity index (χ0) is 15.0. The molecule has 114 valence electrons. The third kappa shape index (κ3) is 2.41. The summed E-state index contributed by atoms with van der Waals surface area (Å²) in [6, 6.07) is 5.67. The first-order valence-electron chi connectivity index (χ1n) is 7.67. The van der Waals surface area contributed by atoms with Gasteiger partial charge in [-0.25, -0.2) is 0 Å². The van der Waals surface area contributed by atoms with E-state index < -0.39 is 0 Å². The molecule has 4 heterocycles. The highest BCUT2D eigenvalue weighted by Crippen LogP contribution is 2.40. The summed E-state index contributed by atoms with van der Waals surface area (Å²) in [5.41, 5.74) is 2.20. The summed E-state index contributed by atoms with van der Waals surface area (Å²) in [6.07, 6.45) is 7.97. The molecule has 0 aliphatic carbocycles. The highest BCUT2D eigenvalue weighted by molar-refractivity contribution is 5.94. The Kier molecular flexibility index (Phi) is 3.22. The molecular weight excluding hydrogens is 278 g/mol. The second kappa shape index (κ2) is 5.25. The molecule has 2 saturated heterocycles. The van der Waals surface area contributed by atoms with Crippen molar-refractivity contribution in [1.82, 2.24) is 14.8 Å². The molecule has 22 heavy (non-hydrogen) atoms. The predicted molar refractivity (Wildman–Crippen MR) is 81.2 cm³/mol. The lowest BCUT2D eigenvalue weighted by Crippen LogP contribution is -2.57. The average molecular weight is 297 g/mol. The van der Waals surface area contributed by atoms with Gasteiger partial charge in [0.2, 0.25) is 0 Å². The molecule has 0 saturated carbocycles. The molecule has 0 aromatic carbocycles. The van der Waals surface area contributed by atoms with Gasteiger partial charge in [0.15, 0.2) is 0 Å². The monoisotopic (exact) mass is 297 g/mol. The largest absolute Gasteiger partial charge is 0.472 e. The van der Waals surface area contributed by atoms with Crippen LogP contribution in [0.5, 0.6) is 0 Å². The number of rotatable bonds is 3. The Morgan fingerprint density at radius 1 is 1.32 bits per heavy atom. The molecule has 4 rings (SSSR count). The van der Waals surface area contributed by atoms with Gasteiger partial charge >= 0.3 is 0 Å². The number of furan rings is 1. The van der Waals surface area contributed by atoms with Crippen LogP contribution in [0.4, 0.5) is 0 Å². The van der Waals surface area contributed by atoms with Crippen molar-refractivity contribution in [1.29, 1.82) is 0 Å². The summed E-state index contributed by atoms with van der Waals surface area (Å²) in [6.45, 7) is 4.79. The summed E-state index contributed by atoms with van der Waals surface area (Å²) < 4.78 is 5.11. The topological polar surface area (TPSA) is 49.6 Å². The highest BCUT2D eigenvalue weighted by Gasteiger charge is 2.48. The molecule has 0 radical (unpaired) electrons. The molecule has 2 aromatic rings. The first-order chi connectivity index (χ1) is 10.7. The van der Waals surface area contributed by atoms with Crippen LogP contribution in [0.3, 0.4) is 0 Å². The van der Waals surface area contributed by atoms with Crippen molar-refractivity contribution >= 4 is 5.91 Å². The van der Waals surface area contributed by atoms with Gasteiger partial charge in [-0.2, -0.15) is 0 Å². The van der Waals surface area contributed by atoms with Crippen molar-refractivity contribution in [3.63, 3.8) is 0 Å². The van der Waals surface area contributed by atoms with Crippen molar-refractivity contribution in [3.8, 4) is 0 Å². The fourth-order valence-corrected chi connectivity index (χ4v) is 3.69. The smallest absolute Gasteiger partial charge is 0.255 e. The zero-order valence-electron chi connectivity index (χ0n) is 12.4. The van der Waals surface area contributed by atoms with Gasteiger partial charge in [0, 0.05) is 56.1 Å². The maximum absolute atomic E-state index is 12.5. The van der Waals surface area contributed by atoms with Gasteiger partial charge in [0.1, 0.15) is 0 Å². The van der Waals surface area contributed by atoms with Crippen LogP contribution in [0, 0.1) is 5.41 Å². The van der Waals surface area contributed by atoms with Crippen molar-refractivity contribution in [2.45, 2.75) is 13.0 Å². The van der Waals surface area contributed by atoms with Crippen LogP contribution in [-0.4, -0.2) is 46.9 Å². The van der Waals surface area contributed by atoms with Gasteiger partial charge in [-0.05, 0) is 24.6 Å². The Labute approximate surface area is 129 Å². The molecule has 5 heteroatoms. The van der Waals surface area contributed by atoms with E-state index in [0.29, 0.717) is 11.0 Å². The Morgan fingerprint density at radius 2 is 2.23 bits per heavy atom. The fourth-order valence-electron chi connectivity index (χ4n) is 3.69. The van der Waals surface area contributed by atoms with Crippen molar-refractivity contribution in [2.24, 2.45) is 5.41 Å². The number of carbonyl (C=O) groups is 1. The standard InChI is InChI=1S/C17H19N3O2/c21-16(15-2-1-5-18-8-15)20-6-4-17(13-20)11-19(12-17)9-14-3-7-22-10-14/h1-3,5,7-8,10H,4,6,9,11-13H2. The molecule has 1 amide bonds. The van der Waals surface area contributed by atoms with E-state index in [9.17, 15) is 4.79 Å². The minimum atomic E-state index is 0.109. The van der Waals surface area contributed by atoms with E-state index >= 15 is 0 Å². The molecule has 0 N–H and O–H groups in total. The van der Waals surface area contributed by atoms with E-state index in [4.69, 9.17) is 4.42 Å². The summed E-state index contributed by atoms with van der Waals surface area (Å²) in [5, 5.41) is 0. The molecule has 0 atom stereocenters. The Balaban J connectivity index is 1.35. The van der Waals surface area contributed by atoms with E-state index in [-0.39, 0.29) is 5.91 Å². The molecule has 0 unspecified atom stereocenters. The molecule has 2 aliphatic rings. The first-order valence-corrected chi connectivity index (χ1v) is 7.67. The summed E-state index contributed by atoms with van der Waals surface area (Å²) in [7, 11) is 0. The maximum Gasteiger partial charge on any atom is 0.255 e. The fraction of sp³-hybridized carbons (Fsp3) is 0.412. The van der Waals surface area contributed by atoms with Crippen molar-refractivity contribution in [2.75, 3.05) is 26.2 Å². The highest BCUT2D eigenvalue weighted by atomic mass is 16.3. The summed E-state index contributed by atoms with van der Waals surface area (Å²) in [4.78, 5) is 20.9. The normalized spacial score (nSPS) is 20.3. The van der Waals surface area contributed by atoms with Gasteiger partial charge in [0.05, 0.1) is 18.1 Å². The van der Waals surface area contributed by atoms with Gasteiger partial charge in [0.25, 0.3) is 5.91 Å². The van der Waals surface area contributed by atoms with Crippen molar-refractivity contribution in [3.05, 3.63) is 54.2 Å². The number of pyridine rings is 1. The van der Waals surface area contributed by atoms with Crippen LogP contribution < -0.4 is 0 Å². The molecule has 0 bridgehead atoms. The number of carbonyl (C=O) groups excluding carboxylic acids is 1. The lowest BCUT2D eigenvalue weighted by molar-refractivity contribution is 0.00250. The number of hydrogen-bond donors (Lipinski definition) is 0. The zero-order valence-corrected chi connectivity index (χ0v) is 12.4. The van der Waals surface area contributed by atoms with Gasteiger partial charge < -0.3 is 9.32 Å². The van der Waals surface area contributed by atoms with E-state index in [2.05, 4.69) is 9.88 Å². The second-order valence-corrected chi connectivity index (χ2v) is 6.50. The second-order valence-electron chi connectivity index (χ2n) is 6.50. The molecule has 1 spiro atoms. The lowest BCUT2D eigenvalue weighted by atomic mass is 9.79. The molecule has 2 fully saturated rings. The Morgan fingerprint density at radius 3 is 2.95 bits per heavy atom. The minimum Gasteiger partial charge on any atom is -0.472 e. The molecule has 5 nitrogen and oxygen atoms in total. The van der Waals surface area contributed by atoms with E-state index in [1.165, 1.54) is 5.56 Å². The molecule has 2 aliphatic heterocycles. The predicted octanol–water partition coefficient (Wildman–Crippen LogP) is 2.02. The maximum atomic E-state index is 12.5. The third-order valence-electron chi connectivity index (χ3n) is 4.74. The number of likely N-dealkylation sites (tertiary alicyclic amines) is 2. The number of nitrogens with zero attached hydrogens (tertiary/aromatic N) is 3. The van der Waals surface area contributed by atoms with Crippen molar-refractivity contribution < 1.29 is 9.21 Å². The van der Waals surface area contributed by atoms with E-state index in [0.717, 1.165) is 39.1 Å². The molecule has 2 aromatic heterocycles. The van der Waals surface area contributed by atoms with E-state index in [1.54, 1.807) is 24.9 Å². The quantitative estimate of drug-likeness (QED) is 0.870. The van der Waals surface area contributed by atoms with Crippen LogP contribution in [-0.2, 0) is 6.54 Å². The third-order valence-corrected chi connectivity index (χ3v) is 4.74. The number of amides is 1. The number of hydrogen-bond acceptors (Lipinski definition) is 4. The van der Waals surface area contributed by atoms with Gasteiger partial charge in [-0.3, -0.25) is 14.7 Å². The van der Waals surface area contributed by atoms with Crippen LogP contribution in [0.2, 0.25) is 0 Å². The van der Waals surface area contributed by atoms with Gasteiger partial charge in [-0.1, -0.05) is 0 Å². The number of aromatic nitrogens is 1. The SMILES string of the molecule is O=C(c1cccnc1)N1CCC2(CN(Cc3ccoc3)C2)C1. The Hall–Kier alpha value is -2.14.